The Balaban J connectivity index is 2.52. The van der Waals surface area contributed by atoms with Crippen molar-refractivity contribution in [2.24, 2.45) is 0 Å². The monoisotopic (exact) mass is 261 g/mol. The Morgan fingerprint density at radius 3 is 2.62 bits per heavy atom. The molecule has 1 unspecified atom stereocenters. The standard InChI is InChI=1S/C10H15NO3S2/c1-16(13,14)6-5-15(12)8-9-3-2-4-10(11)7-9/h2-4,7H,5-6,8,11H2,1H3. The minimum absolute atomic E-state index is 0.0398. The van der Waals surface area contributed by atoms with Crippen LogP contribution in [0.4, 0.5) is 5.69 Å². The molecule has 0 aliphatic heterocycles. The number of hydrogen-bond acceptors (Lipinski definition) is 4. The number of nitrogen functional groups attached to an aromatic ring is 1. The van der Waals surface area contributed by atoms with Crippen LogP contribution in [-0.2, 0) is 26.4 Å². The summed E-state index contributed by atoms with van der Waals surface area (Å²) in [5.74, 6) is 0.482. The third-order valence-electron chi connectivity index (χ3n) is 1.96. The molecule has 0 heterocycles. The third-order valence-corrected chi connectivity index (χ3v) is 4.48. The second-order valence-corrected chi connectivity index (χ2v) is 7.50. The molecular weight excluding hydrogens is 246 g/mol. The SMILES string of the molecule is CS(=O)(=O)CCS(=O)Cc1cccc(N)c1. The summed E-state index contributed by atoms with van der Waals surface area (Å²) < 4.78 is 33.4. The zero-order chi connectivity index (χ0) is 12.2. The van der Waals surface area contributed by atoms with Crippen LogP contribution in [0.5, 0.6) is 0 Å². The van der Waals surface area contributed by atoms with E-state index in [-0.39, 0.29) is 11.5 Å². The van der Waals surface area contributed by atoms with Crippen LogP contribution in [0.3, 0.4) is 0 Å². The first-order chi connectivity index (χ1) is 7.37. The first kappa shape index (κ1) is 13.2. The summed E-state index contributed by atoms with van der Waals surface area (Å²) in [4.78, 5) is 0. The minimum Gasteiger partial charge on any atom is -0.399 e. The maximum absolute atomic E-state index is 11.6. The third kappa shape index (κ3) is 5.27. The minimum atomic E-state index is -3.04. The molecule has 1 aromatic rings. The topological polar surface area (TPSA) is 77.2 Å². The van der Waals surface area contributed by atoms with E-state index in [0.717, 1.165) is 11.8 Å². The van der Waals surface area contributed by atoms with E-state index in [9.17, 15) is 12.6 Å². The van der Waals surface area contributed by atoms with Crippen molar-refractivity contribution in [2.45, 2.75) is 5.75 Å². The second kappa shape index (κ2) is 5.45. The predicted molar refractivity (Wildman–Crippen MR) is 67.3 cm³/mol. The summed E-state index contributed by atoms with van der Waals surface area (Å²) in [6.45, 7) is 0. The van der Waals surface area contributed by atoms with E-state index in [1.807, 2.05) is 6.07 Å². The number of sulfone groups is 1. The number of hydrogen-bond donors (Lipinski definition) is 1. The number of nitrogens with two attached hydrogens (primary N) is 1. The summed E-state index contributed by atoms with van der Waals surface area (Å²) in [6.07, 6.45) is 1.14. The Hall–Kier alpha value is -0.880. The summed E-state index contributed by atoms with van der Waals surface area (Å²) in [7, 11) is -4.20. The molecule has 0 fully saturated rings. The van der Waals surface area contributed by atoms with Crippen molar-refractivity contribution in [3.05, 3.63) is 29.8 Å². The molecule has 1 rings (SSSR count). The van der Waals surface area contributed by atoms with Crippen LogP contribution in [0.1, 0.15) is 5.56 Å². The fourth-order valence-corrected chi connectivity index (χ4v) is 3.84. The van der Waals surface area contributed by atoms with Crippen molar-refractivity contribution in [3.8, 4) is 0 Å². The average molecular weight is 261 g/mol. The molecule has 6 heteroatoms. The van der Waals surface area contributed by atoms with Gasteiger partial charge in [0.15, 0.2) is 0 Å². The summed E-state index contributed by atoms with van der Waals surface area (Å²) in [6, 6.07) is 7.12. The van der Waals surface area contributed by atoms with Crippen molar-refractivity contribution in [1.82, 2.24) is 0 Å². The average Bonchev–Trinajstić information content (AvgIpc) is 2.14. The van der Waals surface area contributed by atoms with Gasteiger partial charge in [-0.25, -0.2) is 8.42 Å². The lowest BCUT2D eigenvalue weighted by Gasteiger charge is -2.02. The van der Waals surface area contributed by atoms with Crippen molar-refractivity contribution in [1.29, 1.82) is 0 Å². The summed E-state index contributed by atoms with van der Waals surface area (Å²) >= 11 is 0. The number of rotatable bonds is 5. The van der Waals surface area contributed by atoms with Gasteiger partial charge >= 0.3 is 0 Å². The van der Waals surface area contributed by atoms with Crippen LogP contribution >= 0.6 is 0 Å². The van der Waals surface area contributed by atoms with Gasteiger partial charge in [0.25, 0.3) is 0 Å². The fraction of sp³-hybridized carbons (Fsp3) is 0.400. The molecule has 0 saturated heterocycles. The van der Waals surface area contributed by atoms with E-state index in [1.165, 1.54) is 0 Å². The first-order valence-corrected chi connectivity index (χ1v) is 8.29. The maximum atomic E-state index is 11.6. The molecule has 0 aliphatic rings. The lowest BCUT2D eigenvalue weighted by molar-refractivity contribution is 0.602. The van der Waals surface area contributed by atoms with Crippen LogP contribution in [0.2, 0.25) is 0 Å². The molecule has 0 spiro atoms. The molecule has 90 valence electrons. The Kier molecular flexibility index (Phi) is 4.49. The molecular formula is C10H15NO3S2. The summed E-state index contributed by atoms with van der Waals surface area (Å²) in [5, 5.41) is 0. The highest BCUT2D eigenvalue weighted by molar-refractivity contribution is 7.92. The first-order valence-electron chi connectivity index (χ1n) is 4.74. The molecule has 0 aliphatic carbocycles. The smallest absolute Gasteiger partial charge is 0.148 e. The molecule has 0 saturated carbocycles. The zero-order valence-corrected chi connectivity index (χ0v) is 10.7. The van der Waals surface area contributed by atoms with Crippen LogP contribution in [0.15, 0.2) is 24.3 Å². The van der Waals surface area contributed by atoms with Gasteiger partial charge in [-0.2, -0.15) is 0 Å². The second-order valence-electron chi connectivity index (χ2n) is 3.66. The highest BCUT2D eigenvalue weighted by Crippen LogP contribution is 2.09. The van der Waals surface area contributed by atoms with Gasteiger partial charge < -0.3 is 5.73 Å². The number of anilines is 1. The molecule has 0 bridgehead atoms. The molecule has 0 amide bonds. The van der Waals surface area contributed by atoms with Gasteiger partial charge in [-0.3, -0.25) is 4.21 Å². The fourth-order valence-electron chi connectivity index (χ4n) is 1.19. The van der Waals surface area contributed by atoms with Crippen LogP contribution in [-0.4, -0.2) is 30.4 Å². The Labute approximate surface area is 98.2 Å². The van der Waals surface area contributed by atoms with Gasteiger partial charge in [0.2, 0.25) is 0 Å². The normalized spacial score (nSPS) is 13.6. The van der Waals surface area contributed by atoms with Crippen LogP contribution < -0.4 is 5.73 Å². The molecule has 2 N–H and O–H groups in total. The quantitative estimate of drug-likeness (QED) is 0.786. The zero-order valence-electron chi connectivity index (χ0n) is 9.05. The molecule has 1 aromatic carbocycles. The van der Waals surface area contributed by atoms with Gasteiger partial charge in [0, 0.05) is 34.2 Å². The van der Waals surface area contributed by atoms with Crippen molar-refractivity contribution in [3.63, 3.8) is 0 Å². The lowest BCUT2D eigenvalue weighted by atomic mass is 10.2. The van der Waals surface area contributed by atoms with Gasteiger partial charge in [0.1, 0.15) is 9.84 Å². The van der Waals surface area contributed by atoms with Crippen molar-refractivity contribution >= 4 is 26.3 Å². The van der Waals surface area contributed by atoms with Crippen LogP contribution in [0, 0.1) is 0 Å². The highest BCUT2D eigenvalue weighted by atomic mass is 32.2. The van der Waals surface area contributed by atoms with E-state index >= 15 is 0 Å². The molecule has 4 nitrogen and oxygen atoms in total. The van der Waals surface area contributed by atoms with E-state index in [1.54, 1.807) is 18.2 Å². The predicted octanol–water partition coefficient (Wildman–Crippen LogP) is 0.562. The molecule has 16 heavy (non-hydrogen) atoms. The Bertz CT molecular complexity index is 483. The molecule has 0 aromatic heterocycles. The van der Waals surface area contributed by atoms with Gasteiger partial charge in [0.05, 0.1) is 5.75 Å². The van der Waals surface area contributed by atoms with Crippen molar-refractivity contribution in [2.75, 3.05) is 23.5 Å². The van der Waals surface area contributed by atoms with E-state index in [0.29, 0.717) is 11.4 Å². The maximum Gasteiger partial charge on any atom is 0.148 e. The van der Waals surface area contributed by atoms with Gasteiger partial charge in [-0.05, 0) is 17.7 Å². The van der Waals surface area contributed by atoms with Gasteiger partial charge in [-0.1, -0.05) is 12.1 Å². The van der Waals surface area contributed by atoms with E-state index in [4.69, 9.17) is 5.73 Å². The number of benzene rings is 1. The lowest BCUT2D eigenvalue weighted by Crippen LogP contribution is -2.12. The van der Waals surface area contributed by atoms with Gasteiger partial charge in [-0.15, -0.1) is 0 Å². The Morgan fingerprint density at radius 2 is 2.06 bits per heavy atom. The van der Waals surface area contributed by atoms with E-state index < -0.39 is 20.6 Å². The molecule has 1 atom stereocenters. The van der Waals surface area contributed by atoms with E-state index in [2.05, 4.69) is 0 Å². The summed E-state index contributed by atoms with van der Waals surface area (Å²) in [5.41, 5.74) is 7.07. The highest BCUT2D eigenvalue weighted by Gasteiger charge is 2.07. The Morgan fingerprint density at radius 1 is 1.38 bits per heavy atom. The van der Waals surface area contributed by atoms with Crippen LogP contribution in [0.25, 0.3) is 0 Å². The van der Waals surface area contributed by atoms with Crippen molar-refractivity contribution < 1.29 is 12.6 Å². The molecule has 0 radical (unpaired) electrons. The largest absolute Gasteiger partial charge is 0.399 e.